The molecule has 0 aliphatic rings. The summed E-state index contributed by atoms with van der Waals surface area (Å²) in [5, 5.41) is 12.7. The lowest BCUT2D eigenvalue weighted by molar-refractivity contribution is 0.196. The number of nitrogens with two attached hydrogens (primary N) is 1. The Labute approximate surface area is 246 Å². The number of anilines is 3. The highest BCUT2D eigenvalue weighted by Crippen LogP contribution is 2.36. The predicted molar refractivity (Wildman–Crippen MR) is 171 cm³/mol. The zero-order valence-corrected chi connectivity index (χ0v) is 24.8. The minimum atomic E-state index is -0.362. The normalized spacial score (nSPS) is 12.2. The summed E-state index contributed by atoms with van der Waals surface area (Å²) in [6.45, 7) is 10.5. The first-order valence-electron chi connectivity index (χ1n) is 14.3. The van der Waals surface area contributed by atoms with Crippen LogP contribution >= 0.6 is 0 Å². The van der Waals surface area contributed by atoms with Crippen LogP contribution in [0, 0.1) is 6.92 Å². The number of nitrogen functional groups attached to an aromatic ring is 1. The summed E-state index contributed by atoms with van der Waals surface area (Å²) in [6.07, 6.45) is 3.30. The lowest BCUT2D eigenvalue weighted by Gasteiger charge is -2.21. The lowest BCUT2D eigenvalue weighted by Crippen LogP contribution is -2.21. The largest absolute Gasteiger partial charge is 0.485 e. The number of benzene rings is 3. The van der Waals surface area contributed by atoms with E-state index < -0.39 is 0 Å². The SMILES string of the molecule is CCCC(Oc1ccc(NC(=O)Nc2cc(C(C)(C)C)nn2-c2ccc(C)cc2)c2ccccc12)c1ccnc(N)c1. The molecular formula is C34H38N6O2. The van der Waals surface area contributed by atoms with Gasteiger partial charge < -0.3 is 15.8 Å². The summed E-state index contributed by atoms with van der Waals surface area (Å²) in [6, 6.07) is 25.1. The Kier molecular flexibility index (Phi) is 8.15. The summed E-state index contributed by atoms with van der Waals surface area (Å²) >= 11 is 0. The van der Waals surface area contributed by atoms with Crippen LogP contribution in [-0.2, 0) is 5.41 Å². The fraction of sp³-hybridized carbons (Fsp3) is 0.265. The number of carbonyl (C=O) groups excluding carboxylic acids is 1. The van der Waals surface area contributed by atoms with Crippen molar-refractivity contribution in [3.05, 3.63) is 102 Å². The third kappa shape index (κ3) is 6.38. The molecular weight excluding hydrogens is 524 g/mol. The summed E-state index contributed by atoms with van der Waals surface area (Å²) < 4.78 is 8.32. The van der Waals surface area contributed by atoms with Crippen LogP contribution in [0.5, 0.6) is 5.75 Å². The van der Waals surface area contributed by atoms with E-state index in [1.807, 2.05) is 85.8 Å². The number of urea groups is 1. The highest BCUT2D eigenvalue weighted by Gasteiger charge is 2.22. The van der Waals surface area contributed by atoms with Gasteiger partial charge in [0.15, 0.2) is 0 Å². The van der Waals surface area contributed by atoms with E-state index in [9.17, 15) is 4.79 Å². The number of nitrogens with one attached hydrogen (secondary N) is 2. The Morgan fingerprint density at radius 2 is 1.71 bits per heavy atom. The van der Waals surface area contributed by atoms with Gasteiger partial charge in [-0.1, -0.05) is 76.1 Å². The molecule has 4 N–H and O–H groups in total. The van der Waals surface area contributed by atoms with Gasteiger partial charge >= 0.3 is 6.03 Å². The molecule has 3 aromatic carbocycles. The first-order chi connectivity index (χ1) is 20.1. The van der Waals surface area contributed by atoms with Crippen LogP contribution in [0.2, 0.25) is 0 Å². The molecule has 0 fully saturated rings. The van der Waals surface area contributed by atoms with E-state index in [1.165, 1.54) is 0 Å². The molecule has 5 aromatic rings. The quantitative estimate of drug-likeness (QED) is 0.177. The second kappa shape index (κ2) is 11.9. The molecule has 0 aliphatic carbocycles. The molecule has 2 heterocycles. The molecule has 0 bridgehead atoms. The third-order valence-corrected chi connectivity index (χ3v) is 7.13. The number of nitrogens with zero attached hydrogens (tertiary/aromatic N) is 3. The van der Waals surface area contributed by atoms with Crippen LogP contribution in [0.1, 0.15) is 63.5 Å². The van der Waals surface area contributed by atoms with Crippen LogP contribution in [0.3, 0.4) is 0 Å². The first-order valence-corrected chi connectivity index (χ1v) is 14.3. The van der Waals surface area contributed by atoms with Gasteiger partial charge in [-0.15, -0.1) is 0 Å². The van der Waals surface area contributed by atoms with Gasteiger partial charge in [0.05, 0.1) is 17.1 Å². The van der Waals surface area contributed by atoms with E-state index in [1.54, 1.807) is 10.9 Å². The Morgan fingerprint density at radius 1 is 0.976 bits per heavy atom. The summed E-state index contributed by atoms with van der Waals surface area (Å²) in [5.41, 5.74) is 10.3. The van der Waals surface area contributed by atoms with E-state index in [-0.39, 0.29) is 17.6 Å². The molecule has 0 spiro atoms. The van der Waals surface area contributed by atoms with E-state index in [0.717, 1.165) is 51.9 Å². The molecule has 8 nitrogen and oxygen atoms in total. The standard InChI is InChI=1S/C34H38N6O2/c1-6-9-28(23-18-19-36-31(35)20-23)42-29-17-16-27(25-10-7-8-11-26(25)29)37-33(41)38-32-21-30(34(3,4)5)39-40(32)24-14-12-22(2)13-15-24/h7-8,10-21,28H,6,9H2,1-5H3,(H2,35,36)(H2,37,38,41). The molecule has 2 amide bonds. The maximum atomic E-state index is 13.4. The molecule has 1 atom stereocenters. The van der Waals surface area contributed by atoms with Crippen molar-refractivity contribution in [3.63, 3.8) is 0 Å². The van der Waals surface area contributed by atoms with Gasteiger partial charge in [0.25, 0.3) is 0 Å². The summed E-state index contributed by atoms with van der Waals surface area (Å²) in [4.78, 5) is 17.5. The van der Waals surface area contributed by atoms with Gasteiger partial charge in [0.1, 0.15) is 23.5 Å². The van der Waals surface area contributed by atoms with Crippen molar-refractivity contribution >= 4 is 34.1 Å². The van der Waals surface area contributed by atoms with Crippen LogP contribution < -0.4 is 21.1 Å². The minimum absolute atomic E-state index is 0.176. The smallest absolute Gasteiger partial charge is 0.324 e. The molecule has 0 saturated heterocycles. The number of hydrogen-bond acceptors (Lipinski definition) is 5. The number of amides is 2. The highest BCUT2D eigenvalue weighted by atomic mass is 16.5. The highest BCUT2D eigenvalue weighted by molar-refractivity contribution is 6.07. The Balaban J connectivity index is 1.42. The van der Waals surface area contributed by atoms with E-state index >= 15 is 0 Å². The second-order valence-corrected chi connectivity index (χ2v) is 11.6. The van der Waals surface area contributed by atoms with Crippen LogP contribution in [0.25, 0.3) is 16.5 Å². The molecule has 0 saturated carbocycles. The third-order valence-electron chi connectivity index (χ3n) is 7.13. The first kappa shape index (κ1) is 28.7. The number of aryl methyl sites for hydroxylation is 1. The van der Waals surface area contributed by atoms with Crippen molar-refractivity contribution in [3.8, 4) is 11.4 Å². The van der Waals surface area contributed by atoms with E-state index in [2.05, 4.69) is 43.3 Å². The van der Waals surface area contributed by atoms with Crippen molar-refractivity contribution in [2.75, 3.05) is 16.4 Å². The number of rotatable bonds is 8. The Hall–Kier alpha value is -4.85. The lowest BCUT2D eigenvalue weighted by atomic mass is 9.92. The van der Waals surface area contributed by atoms with Crippen molar-refractivity contribution in [2.24, 2.45) is 0 Å². The molecule has 1 unspecified atom stereocenters. The zero-order chi connectivity index (χ0) is 29.9. The molecule has 5 rings (SSSR count). The monoisotopic (exact) mass is 562 g/mol. The van der Waals surface area contributed by atoms with Gasteiger partial charge in [-0.3, -0.25) is 5.32 Å². The molecule has 0 aliphatic heterocycles. The number of hydrogen-bond donors (Lipinski definition) is 3. The number of pyridine rings is 1. The van der Waals surface area contributed by atoms with Crippen LogP contribution in [0.15, 0.2) is 85.1 Å². The van der Waals surface area contributed by atoms with Gasteiger partial charge in [-0.05, 0) is 55.3 Å². The summed E-state index contributed by atoms with van der Waals surface area (Å²) in [5.74, 6) is 1.79. The number of aromatic nitrogens is 3. The Bertz CT molecular complexity index is 1700. The van der Waals surface area contributed by atoms with Gasteiger partial charge in [-0.2, -0.15) is 5.10 Å². The van der Waals surface area contributed by atoms with Crippen molar-refractivity contribution in [1.29, 1.82) is 0 Å². The zero-order valence-electron chi connectivity index (χ0n) is 24.8. The number of fused-ring (bicyclic) bond motifs is 1. The number of ether oxygens (including phenoxy) is 1. The van der Waals surface area contributed by atoms with Crippen molar-refractivity contribution in [2.45, 2.75) is 59.0 Å². The van der Waals surface area contributed by atoms with Gasteiger partial charge in [0, 0.05) is 28.5 Å². The molecule has 216 valence electrons. The van der Waals surface area contributed by atoms with Crippen LogP contribution in [0.4, 0.5) is 22.1 Å². The predicted octanol–water partition coefficient (Wildman–Crippen LogP) is 8.17. The maximum Gasteiger partial charge on any atom is 0.324 e. The van der Waals surface area contributed by atoms with Crippen molar-refractivity contribution in [1.82, 2.24) is 14.8 Å². The molecule has 0 radical (unpaired) electrons. The molecule has 2 aromatic heterocycles. The fourth-order valence-electron chi connectivity index (χ4n) is 4.85. The van der Waals surface area contributed by atoms with Gasteiger partial charge in [-0.25, -0.2) is 14.5 Å². The second-order valence-electron chi connectivity index (χ2n) is 11.6. The topological polar surface area (TPSA) is 107 Å². The van der Waals surface area contributed by atoms with E-state index in [0.29, 0.717) is 17.3 Å². The molecule has 8 heteroatoms. The number of carbonyl (C=O) groups is 1. The summed E-state index contributed by atoms with van der Waals surface area (Å²) in [7, 11) is 0. The average molecular weight is 563 g/mol. The Morgan fingerprint density at radius 3 is 2.40 bits per heavy atom. The van der Waals surface area contributed by atoms with Gasteiger partial charge in [0.2, 0.25) is 0 Å². The fourth-order valence-corrected chi connectivity index (χ4v) is 4.85. The van der Waals surface area contributed by atoms with Crippen molar-refractivity contribution < 1.29 is 9.53 Å². The van der Waals surface area contributed by atoms with E-state index in [4.69, 9.17) is 15.6 Å². The minimum Gasteiger partial charge on any atom is -0.485 e. The molecule has 42 heavy (non-hydrogen) atoms. The van der Waals surface area contributed by atoms with Crippen LogP contribution in [-0.4, -0.2) is 20.8 Å². The average Bonchev–Trinajstić information content (AvgIpc) is 3.38. The maximum absolute atomic E-state index is 13.4.